The monoisotopic (exact) mass is 747 g/mol. The van der Waals surface area contributed by atoms with Gasteiger partial charge in [0.05, 0.1) is 11.1 Å². The number of benzene rings is 5. The van der Waals surface area contributed by atoms with Gasteiger partial charge in [0, 0.05) is 35.0 Å². The molecule has 3 heterocycles. The molecule has 0 bridgehead atoms. The Morgan fingerprint density at radius 3 is 2.00 bits per heavy atom. The Balaban J connectivity index is 0.00000312. The van der Waals surface area contributed by atoms with Gasteiger partial charge in [-0.1, -0.05) is 78.9 Å². The van der Waals surface area contributed by atoms with Crippen LogP contribution in [0.1, 0.15) is 22.4 Å². The van der Waals surface area contributed by atoms with Crippen molar-refractivity contribution in [2.45, 2.75) is 5.41 Å². The summed E-state index contributed by atoms with van der Waals surface area (Å²) in [6.45, 7) is 0. The summed E-state index contributed by atoms with van der Waals surface area (Å²) in [5.41, 5.74) is 4.70. The summed E-state index contributed by atoms with van der Waals surface area (Å²) in [7, 11) is 0. The van der Waals surface area contributed by atoms with E-state index in [1.807, 2.05) is 103 Å². The second-order valence-corrected chi connectivity index (χ2v) is 10.4. The van der Waals surface area contributed by atoms with E-state index >= 15 is 0 Å². The quantitative estimate of drug-likeness (QED) is 0.165. The van der Waals surface area contributed by atoms with E-state index in [9.17, 15) is 0 Å². The molecular weight excluding hydrogens is 724 g/mol. The topological polar surface area (TPSA) is 44.2 Å². The van der Waals surface area contributed by atoms with Crippen LogP contribution in [0.15, 0.2) is 146 Å². The number of rotatable bonds is 5. The summed E-state index contributed by atoms with van der Waals surface area (Å²) < 4.78 is 12.8. The zero-order valence-electron chi connectivity index (χ0n) is 23.4. The smallest absolute Gasteiger partial charge is 0.503 e. The minimum atomic E-state index is -0.771. The maximum absolute atomic E-state index is 6.43. The normalized spacial score (nSPS) is 12.7. The van der Waals surface area contributed by atoms with Crippen molar-refractivity contribution >= 4 is 10.8 Å². The zero-order chi connectivity index (χ0) is 28.6. The molecule has 5 heteroatoms. The fourth-order valence-electron chi connectivity index (χ4n) is 6.02. The molecule has 1 aliphatic rings. The van der Waals surface area contributed by atoms with Gasteiger partial charge in [0.15, 0.2) is 0 Å². The van der Waals surface area contributed by atoms with Crippen LogP contribution in [0.3, 0.4) is 0 Å². The Morgan fingerprint density at radius 1 is 0.591 bits per heavy atom. The Bertz CT molecular complexity index is 2070. The van der Waals surface area contributed by atoms with Crippen LogP contribution in [0.2, 0.25) is 0 Å². The van der Waals surface area contributed by atoms with Crippen LogP contribution in [0.4, 0.5) is 0 Å². The molecule has 4 nitrogen and oxygen atoms in total. The number of pyridine rings is 2. The van der Waals surface area contributed by atoms with E-state index in [-0.39, 0.29) is 21.1 Å². The molecule has 0 aliphatic carbocycles. The van der Waals surface area contributed by atoms with Gasteiger partial charge in [0.2, 0.25) is 0 Å². The second kappa shape index (κ2) is 11.6. The number of hydrogen-bond acceptors (Lipinski definition) is 4. The molecule has 44 heavy (non-hydrogen) atoms. The number of aromatic nitrogens is 2. The third-order valence-corrected chi connectivity index (χ3v) is 7.92. The number of fused-ring (bicyclic) bond motifs is 3. The van der Waals surface area contributed by atoms with Crippen LogP contribution in [0.25, 0.3) is 22.0 Å². The molecule has 1 aliphatic heterocycles. The van der Waals surface area contributed by atoms with Crippen molar-refractivity contribution in [1.29, 1.82) is 0 Å². The maximum atomic E-state index is 6.43. The summed E-state index contributed by atoms with van der Waals surface area (Å²) in [6, 6.07) is 51.5. The van der Waals surface area contributed by atoms with E-state index in [2.05, 4.69) is 59.6 Å². The number of hydrogen-bond donors (Lipinski definition) is 0. The first kappa shape index (κ1) is 27.8. The molecule has 0 spiro atoms. The van der Waals surface area contributed by atoms with Gasteiger partial charge in [-0.15, -0.1) is 41.5 Å². The minimum Gasteiger partial charge on any atom is -0.503 e. The van der Waals surface area contributed by atoms with Gasteiger partial charge in [0.25, 0.3) is 0 Å². The molecule has 212 valence electrons. The molecule has 0 atom stereocenters. The Kier molecular flexibility index (Phi) is 7.29. The molecule has 0 saturated carbocycles. The standard InChI is InChI=1S/C39H24N2O2.Pt/c1-2-12-29-26-41-35(24-27(29)11-1)28-13-9-15-31(23-28)42-32-16-10-14-30(25-32)39(38-21-7-8-22-40-38)33-17-3-5-19-36(33)43-37-20-6-4-18-34(37)39;/h1-22,24,26H;/q-2;+2. The van der Waals surface area contributed by atoms with Crippen molar-refractivity contribution in [1.82, 2.24) is 9.97 Å². The van der Waals surface area contributed by atoms with Crippen molar-refractivity contribution in [2.75, 3.05) is 0 Å². The fraction of sp³-hybridized carbons (Fsp3) is 0.0256. The average molecular weight is 748 g/mol. The first-order valence-electron chi connectivity index (χ1n) is 14.2. The van der Waals surface area contributed by atoms with Crippen molar-refractivity contribution in [3.8, 4) is 34.3 Å². The summed E-state index contributed by atoms with van der Waals surface area (Å²) >= 11 is 0. The molecule has 2 aromatic heterocycles. The second-order valence-electron chi connectivity index (χ2n) is 10.4. The summed E-state index contributed by atoms with van der Waals surface area (Å²) in [4.78, 5) is 9.57. The molecular formula is C39H24N2O2Pt. The Morgan fingerprint density at radius 2 is 1.25 bits per heavy atom. The average Bonchev–Trinajstić information content (AvgIpc) is 3.07. The van der Waals surface area contributed by atoms with Gasteiger partial charge in [0.1, 0.15) is 11.5 Å². The first-order chi connectivity index (χ1) is 21.3. The van der Waals surface area contributed by atoms with Crippen LogP contribution < -0.4 is 9.47 Å². The van der Waals surface area contributed by atoms with E-state index in [4.69, 9.17) is 14.5 Å². The molecule has 0 fully saturated rings. The van der Waals surface area contributed by atoms with Gasteiger partial charge in [-0.25, -0.2) is 0 Å². The third kappa shape index (κ3) is 4.69. The predicted octanol–water partition coefficient (Wildman–Crippen LogP) is 9.18. The number of para-hydroxylation sites is 2. The molecule has 7 aromatic rings. The van der Waals surface area contributed by atoms with Gasteiger partial charge in [-0.05, 0) is 40.7 Å². The predicted molar refractivity (Wildman–Crippen MR) is 168 cm³/mol. The third-order valence-electron chi connectivity index (χ3n) is 7.92. The van der Waals surface area contributed by atoms with Gasteiger partial charge >= 0.3 is 21.1 Å². The van der Waals surface area contributed by atoms with E-state index < -0.39 is 5.41 Å². The molecule has 0 saturated heterocycles. The van der Waals surface area contributed by atoms with Crippen molar-refractivity contribution in [3.63, 3.8) is 0 Å². The van der Waals surface area contributed by atoms with Crippen LogP contribution in [0, 0.1) is 12.1 Å². The summed E-state index contributed by atoms with van der Waals surface area (Å²) in [5, 5.41) is 2.23. The Hall–Kier alpha value is -5.05. The first-order valence-corrected chi connectivity index (χ1v) is 14.2. The van der Waals surface area contributed by atoms with Crippen LogP contribution in [-0.2, 0) is 26.5 Å². The van der Waals surface area contributed by atoms with Crippen LogP contribution in [-0.4, -0.2) is 9.97 Å². The largest absolute Gasteiger partial charge is 2.00 e. The number of ether oxygens (including phenoxy) is 2. The molecule has 0 N–H and O–H groups in total. The molecule has 0 radical (unpaired) electrons. The van der Waals surface area contributed by atoms with Gasteiger partial charge in [-0.3, -0.25) is 4.98 Å². The van der Waals surface area contributed by atoms with E-state index in [0.717, 1.165) is 55.9 Å². The summed E-state index contributed by atoms with van der Waals surface area (Å²) in [6.07, 6.45) is 3.73. The van der Waals surface area contributed by atoms with E-state index in [1.54, 1.807) is 0 Å². The molecule has 8 rings (SSSR count). The molecule has 0 amide bonds. The SMILES string of the molecule is [Pt+2].[c-]1c(Oc2[c-]c(C3(c4ccccn4)c4ccccc4Oc4ccccc43)ccc2)cccc1-c1cc2ccccc2cn1. The van der Waals surface area contributed by atoms with Gasteiger partial charge < -0.3 is 14.5 Å². The van der Waals surface area contributed by atoms with Crippen molar-refractivity contribution in [3.05, 3.63) is 180 Å². The van der Waals surface area contributed by atoms with E-state index in [1.165, 1.54) is 0 Å². The summed E-state index contributed by atoms with van der Waals surface area (Å²) in [5.74, 6) is 2.74. The van der Waals surface area contributed by atoms with Gasteiger partial charge in [-0.2, -0.15) is 12.1 Å². The molecule has 0 unspecified atom stereocenters. The maximum Gasteiger partial charge on any atom is 2.00 e. The number of nitrogens with zero attached hydrogens (tertiary/aromatic N) is 2. The molecule has 5 aromatic carbocycles. The van der Waals surface area contributed by atoms with Crippen LogP contribution >= 0.6 is 0 Å². The van der Waals surface area contributed by atoms with Crippen molar-refractivity contribution in [2.24, 2.45) is 0 Å². The van der Waals surface area contributed by atoms with Crippen LogP contribution in [0.5, 0.6) is 23.0 Å². The zero-order valence-corrected chi connectivity index (χ0v) is 25.7. The Labute approximate surface area is 270 Å². The fourth-order valence-corrected chi connectivity index (χ4v) is 6.02. The van der Waals surface area contributed by atoms with Crippen molar-refractivity contribution < 1.29 is 30.5 Å². The van der Waals surface area contributed by atoms with E-state index in [0.29, 0.717) is 11.5 Å². The minimum absolute atomic E-state index is 0.